The summed E-state index contributed by atoms with van der Waals surface area (Å²) in [5, 5.41) is 8.12. The summed E-state index contributed by atoms with van der Waals surface area (Å²) in [6.45, 7) is 0.853. The summed E-state index contributed by atoms with van der Waals surface area (Å²) < 4.78 is 61.9. The van der Waals surface area contributed by atoms with Gasteiger partial charge in [-0.05, 0) is 30.7 Å². The Labute approximate surface area is 148 Å². The molecule has 1 unspecified atom stereocenters. The van der Waals surface area contributed by atoms with Gasteiger partial charge in [-0.15, -0.1) is 0 Å². The maximum absolute atomic E-state index is 13.2. The van der Waals surface area contributed by atoms with Crippen LogP contribution in [0.1, 0.15) is 12.0 Å². The van der Waals surface area contributed by atoms with Gasteiger partial charge in [-0.25, -0.2) is 18.5 Å². The standard InChI is InChI=1S/C16H17F3N4O2S/c17-16(18,19)13-3-1-2-4-14(13)23-8-7-11(10-23)22-15-6-5-12(9-21-15)26(20,24)25/h1-6,9,11H,7-8,10H2,(H,21,22)(H2,20,24,25). The lowest BCUT2D eigenvalue weighted by Crippen LogP contribution is -2.28. The molecule has 0 spiro atoms. The van der Waals surface area contributed by atoms with Crippen molar-refractivity contribution in [1.82, 2.24) is 4.98 Å². The van der Waals surface area contributed by atoms with Gasteiger partial charge in [0.05, 0.1) is 5.56 Å². The Morgan fingerprint density at radius 1 is 1.19 bits per heavy atom. The Morgan fingerprint density at radius 3 is 2.54 bits per heavy atom. The monoisotopic (exact) mass is 386 g/mol. The molecule has 1 aromatic carbocycles. The number of nitrogens with zero attached hydrogens (tertiary/aromatic N) is 2. The Hall–Kier alpha value is -2.33. The minimum atomic E-state index is -4.41. The molecule has 0 saturated carbocycles. The number of nitrogens with one attached hydrogen (secondary N) is 1. The second kappa shape index (κ2) is 6.76. The van der Waals surface area contributed by atoms with Gasteiger partial charge in [-0.3, -0.25) is 0 Å². The number of anilines is 2. The number of primary sulfonamides is 1. The lowest BCUT2D eigenvalue weighted by molar-refractivity contribution is -0.137. The molecular formula is C16H17F3N4O2S. The van der Waals surface area contributed by atoms with E-state index in [0.29, 0.717) is 25.3 Å². The van der Waals surface area contributed by atoms with Gasteiger partial charge in [0.2, 0.25) is 10.0 Å². The molecule has 140 valence electrons. The summed E-state index contributed by atoms with van der Waals surface area (Å²) >= 11 is 0. The van der Waals surface area contributed by atoms with E-state index >= 15 is 0 Å². The van der Waals surface area contributed by atoms with Crippen molar-refractivity contribution in [3.63, 3.8) is 0 Å². The number of alkyl halides is 3. The van der Waals surface area contributed by atoms with Gasteiger partial charge in [0.1, 0.15) is 10.7 Å². The summed E-state index contributed by atoms with van der Waals surface area (Å²) in [5.41, 5.74) is -0.502. The van der Waals surface area contributed by atoms with Crippen molar-refractivity contribution in [1.29, 1.82) is 0 Å². The first-order valence-corrected chi connectivity index (χ1v) is 9.36. The molecule has 1 fully saturated rings. The van der Waals surface area contributed by atoms with Gasteiger partial charge < -0.3 is 10.2 Å². The van der Waals surface area contributed by atoms with Crippen LogP contribution in [0.4, 0.5) is 24.7 Å². The highest BCUT2D eigenvalue weighted by Crippen LogP contribution is 2.37. The minimum absolute atomic E-state index is 0.102. The quantitative estimate of drug-likeness (QED) is 0.843. The first-order valence-electron chi connectivity index (χ1n) is 7.81. The zero-order valence-corrected chi connectivity index (χ0v) is 14.4. The fourth-order valence-electron chi connectivity index (χ4n) is 2.93. The SMILES string of the molecule is NS(=O)(=O)c1ccc(NC2CCN(c3ccccc3C(F)(F)F)C2)nc1. The van der Waals surface area contributed by atoms with Crippen molar-refractivity contribution in [3.05, 3.63) is 48.2 Å². The molecule has 10 heteroatoms. The topological polar surface area (TPSA) is 88.3 Å². The van der Waals surface area contributed by atoms with E-state index in [-0.39, 0.29) is 16.6 Å². The van der Waals surface area contributed by atoms with Gasteiger partial charge in [0, 0.05) is 31.0 Å². The van der Waals surface area contributed by atoms with Crippen molar-refractivity contribution >= 4 is 21.5 Å². The second-order valence-electron chi connectivity index (χ2n) is 6.02. The Morgan fingerprint density at radius 2 is 1.92 bits per heavy atom. The molecule has 2 heterocycles. The summed E-state index contributed by atoms with van der Waals surface area (Å²) in [4.78, 5) is 5.57. The molecule has 6 nitrogen and oxygen atoms in total. The normalized spacial score (nSPS) is 18.2. The molecular weight excluding hydrogens is 369 g/mol. The van der Waals surface area contributed by atoms with E-state index in [4.69, 9.17) is 5.14 Å². The first-order chi connectivity index (χ1) is 12.1. The number of aromatic nitrogens is 1. The number of hydrogen-bond acceptors (Lipinski definition) is 5. The highest BCUT2D eigenvalue weighted by Gasteiger charge is 2.36. The van der Waals surface area contributed by atoms with E-state index < -0.39 is 21.8 Å². The van der Waals surface area contributed by atoms with Crippen LogP contribution in [0.25, 0.3) is 0 Å². The van der Waals surface area contributed by atoms with Crippen LogP contribution >= 0.6 is 0 Å². The van der Waals surface area contributed by atoms with E-state index in [2.05, 4.69) is 10.3 Å². The largest absolute Gasteiger partial charge is 0.418 e. The lowest BCUT2D eigenvalue weighted by atomic mass is 10.1. The predicted molar refractivity (Wildman–Crippen MR) is 91.3 cm³/mol. The number of benzene rings is 1. The van der Waals surface area contributed by atoms with Crippen LogP contribution in [0.5, 0.6) is 0 Å². The van der Waals surface area contributed by atoms with E-state index in [1.807, 2.05) is 0 Å². The Kier molecular flexibility index (Phi) is 4.80. The predicted octanol–water partition coefficient (Wildman–Crippen LogP) is 2.44. The lowest BCUT2D eigenvalue weighted by Gasteiger charge is -2.23. The van der Waals surface area contributed by atoms with Crippen LogP contribution in [-0.2, 0) is 16.2 Å². The third kappa shape index (κ3) is 4.07. The molecule has 0 radical (unpaired) electrons. The number of hydrogen-bond donors (Lipinski definition) is 2. The highest BCUT2D eigenvalue weighted by atomic mass is 32.2. The van der Waals surface area contributed by atoms with Crippen LogP contribution in [0.15, 0.2) is 47.5 Å². The van der Waals surface area contributed by atoms with E-state index in [9.17, 15) is 21.6 Å². The number of nitrogens with two attached hydrogens (primary N) is 1. The molecule has 2 aromatic rings. The van der Waals surface area contributed by atoms with Gasteiger partial charge in [-0.1, -0.05) is 12.1 Å². The van der Waals surface area contributed by atoms with Gasteiger partial charge in [0.15, 0.2) is 0 Å². The smallest absolute Gasteiger partial charge is 0.369 e. The van der Waals surface area contributed by atoms with Gasteiger partial charge in [0.25, 0.3) is 0 Å². The van der Waals surface area contributed by atoms with Crippen LogP contribution in [0.3, 0.4) is 0 Å². The summed E-state index contributed by atoms with van der Waals surface area (Å²) in [6, 6.07) is 8.19. The molecule has 26 heavy (non-hydrogen) atoms. The molecule has 1 atom stereocenters. The number of sulfonamides is 1. The third-order valence-electron chi connectivity index (χ3n) is 4.16. The molecule has 0 amide bonds. The van der Waals surface area contributed by atoms with Crippen molar-refractivity contribution in [2.75, 3.05) is 23.3 Å². The van der Waals surface area contributed by atoms with Crippen LogP contribution < -0.4 is 15.4 Å². The van der Waals surface area contributed by atoms with E-state index in [1.165, 1.54) is 24.3 Å². The van der Waals surface area contributed by atoms with E-state index in [0.717, 1.165) is 12.3 Å². The van der Waals surface area contributed by atoms with Crippen LogP contribution in [0, 0.1) is 0 Å². The third-order valence-corrected chi connectivity index (χ3v) is 5.05. The second-order valence-corrected chi connectivity index (χ2v) is 7.58. The number of halogens is 3. The minimum Gasteiger partial charge on any atom is -0.369 e. The summed E-state index contributed by atoms with van der Waals surface area (Å²) in [6.07, 6.45) is -2.64. The van der Waals surface area contributed by atoms with Crippen molar-refractivity contribution in [2.24, 2.45) is 5.14 Å². The highest BCUT2D eigenvalue weighted by molar-refractivity contribution is 7.89. The fourth-order valence-corrected chi connectivity index (χ4v) is 3.39. The zero-order chi connectivity index (χ0) is 18.9. The zero-order valence-electron chi connectivity index (χ0n) is 13.6. The Bertz CT molecular complexity index is 885. The molecule has 0 aliphatic carbocycles. The first kappa shape index (κ1) is 18.5. The molecule has 1 aliphatic heterocycles. The molecule has 1 aromatic heterocycles. The summed E-state index contributed by atoms with van der Waals surface area (Å²) in [7, 11) is -3.82. The molecule has 3 N–H and O–H groups in total. The number of pyridine rings is 1. The number of rotatable bonds is 4. The van der Waals surface area contributed by atoms with Crippen LogP contribution in [0.2, 0.25) is 0 Å². The maximum atomic E-state index is 13.2. The molecule has 3 rings (SSSR count). The fraction of sp³-hybridized carbons (Fsp3) is 0.312. The average molecular weight is 386 g/mol. The average Bonchev–Trinajstić information content (AvgIpc) is 3.02. The van der Waals surface area contributed by atoms with Gasteiger partial charge >= 0.3 is 6.18 Å². The van der Waals surface area contributed by atoms with Crippen molar-refractivity contribution in [2.45, 2.75) is 23.5 Å². The molecule has 1 saturated heterocycles. The van der Waals surface area contributed by atoms with Gasteiger partial charge in [-0.2, -0.15) is 13.2 Å². The van der Waals surface area contributed by atoms with Crippen molar-refractivity contribution < 1.29 is 21.6 Å². The number of para-hydroxylation sites is 1. The summed E-state index contributed by atoms with van der Waals surface area (Å²) in [5.74, 6) is 0.438. The molecule has 0 bridgehead atoms. The van der Waals surface area contributed by atoms with Crippen molar-refractivity contribution in [3.8, 4) is 0 Å². The molecule has 1 aliphatic rings. The maximum Gasteiger partial charge on any atom is 0.418 e. The van der Waals surface area contributed by atoms with Crippen LogP contribution in [-0.4, -0.2) is 32.5 Å². The van der Waals surface area contributed by atoms with E-state index in [1.54, 1.807) is 11.0 Å². The Balaban J connectivity index is 1.70.